The maximum atomic E-state index is 6.54. The van der Waals surface area contributed by atoms with Gasteiger partial charge in [-0.25, -0.2) is 0 Å². The lowest BCUT2D eigenvalue weighted by atomic mass is 9.70. The van der Waals surface area contributed by atoms with E-state index < -0.39 is 0 Å². The lowest BCUT2D eigenvalue weighted by Gasteiger charge is -2.33. The van der Waals surface area contributed by atoms with Crippen molar-refractivity contribution in [2.45, 2.75) is 18.8 Å². The quantitative estimate of drug-likeness (QED) is 0.686. The second kappa shape index (κ2) is 5.30. The number of allylic oxidation sites excluding steroid dienone is 4. The Bertz CT molecular complexity index is 667. The van der Waals surface area contributed by atoms with E-state index in [1.165, 1.54) is 16.7 Å². The Morgan fingerprint density at radius 1 is 1.00 bits per heavy atom. The molecule has 2 aromatic carbocycles. The van der Waals surface area contributed by atoms with Crippen molar-refractivity contribution in [3.63, 3.8) is 0 Å². The van der Waals surface area contributed by atoms with Crippen molar-refractivity contribution in [3.8, 4) is 0 Å². The largest absolute Gasteiger partial charge is 0.0840 e. The zero-order valence-corrected chi connectivity index (χ0v) is 12.3. The van der Waals surface area contributed by atoms with Gasteiger partial charge in [0.1, 0.15) is 0 Å². The van der Waals surface area contributed by atoms with Crippen LogP contribution in [0.3, 0.4) is 0 Å². The van der Waals surface area contributed by atoms with E-state index >= 15 is 0 Å². The van der Waals surface area contributed by atoms with Crippen molar-refractivity contribution in [1.82, 2.24) is 0 Å². The molecular formula is C19H17Cl. The molecule has 0 fully saturated rings. The zero-order chi connectivity index (χ0) is 14.0. The molecule has 0 aliphatic heterocycles. The zero-order valence-electron chi connectivity index (χ0n) is 11.5. The van der Waals surface area contributed by atoms with Crippen LogP contribution in [0.2, 0.25) is 5.02 Å². The number of hydrogen-bond acceptors (Lipinski definition) is 0. The van der Waals surface area contributed by atoms with Crippen LogP contribution in [-0.2, 0) is 5.41 Å². The first kappa shape index (κ1) is 13.2. The summed E-state index contributed by atoms with van der Waals surface area (Å²) in [6, 6.07) is 16.9. The molecule has 0 saturated carbocycles. The summed E-state index contributed by atoms with van der Waals surface area (Å²) in [4.78, 5) is 0. The van der Waals surface area contributed by atoms with Crippen molar-refractivity contribution in [3.05, 3.63) is 94.5 Å². The molecule has 0 N–H and O–H groups in total. The van der Waals surface area contributed by atoms with Crippen LogP contribution in [0.5, 0.6) is 0 Å². The van der Waals surface area contributed by atoms with Crippen molar-refractivity contribution in [1.29, 1.82) is 0 Å². The predicted octanol–water partition coefficient (Wildman–Crippen LogP) is 5.45. The maximum absolute atomic E-state index is 6.54. The fraction of sp³-hybridized carbons (Fsp3) is 0.158. The molecule has 1 unspecified atom stereocenters. The van der Waals surface area contributed by atoms with Gasteiger partial charge in [-0.2, -0.15) is 0 Å². The molecule has 0 saturated heterocycles. The molecule has 1 aliphatic carbocycles. The molecule has 20 heavy (non-hydrogen) atoms. The molecule has 2 aromatic rings. The Kier molecular flexibility index (Phi) is 3.50. The first-order valence-corrected chi connectivity index (χ1v) is 7.27. The molecule has 3 rings (SSSR count). The molecule has 0 spiro atoms. The standard InChI is InChI=1S/C19H17Cl/c1-15-10-11-17(18(20)14-15)19(12-6-3-7-13-19)16-8-4-2-5-9-16/h2-12,14H,13H2,1H3. The van der Waals surface area contributed by atoms with Crippen molar-refractivity contribution < 1.29 is 0 Å². The lowest BCUT2D eigenvalue weighted by Crippen LogP contribution is -2.26. The highest BCUT2D eigenvalue weighted by molar-refractivity contribution is 6.31. The summed E-state index contributed by atoms with van der Waals surface area (Å²) in [6.07, 6.45) is 9.63. The summed E-state index contributed by atoms with van der Waals surface area (Å²) < 4.78 is 0. The van der Waals surface area contributed by atoms with Crippen LogP contribution in [0.25, 0.3) is 0 Å². The number of benzene rings is 2. The molecule has 0 nitrogen and oxygen atoms in total. The summed E-state index contributed by atoms with van der Waals surface area (Å²) in [6.45, 7) is 2.07. The highest BCUT2D eigenvalue weighted by Crippen LogP contribution is 2.42. The normalized spacial score (nSPS) is 21.1. The third-order valence-corrected chi connectivity index (χ3v) is 4.27. The van der Waals surface area contributed by atoms with Gasteiger partial charge in [0.05, 0.1) is 0 Å². The van der Waals surface area contributed by atoms with Crippen LogP contribution < -0.4 is 0 Å². The highest BCUT2D eigenvalue weighted by atomic mass is 35.5. The van der Waals surface area contributed by atoms with Gasteiger partial charge in [0.25, 0.3) is 0 Å². The molecule has 0 radical (unpaired) electrons. The molecule has 1 atom stereocenters. The monoisotopic (exact) mass is 280 g/mol. The lowest BCUT2D eigenvalue weighted by molar-refractivity contribution is 0.648. The third-order valence-electron chi connectivity index (χ3n) is 3.96. The Morgan fingerprint density at radius 2 is 1.80 bits per heavy atom. The van der Waals surface area contributed by atoms with E-state index in [0.29, 0.717) is 0 Å². The van der Waals surface area contributed by atoms with Gasteiger partial charge in [-0.15, -0.1) is 0 Å². The average Bonchev–Trinajstić information content (AvgIpc) is 2.49. The summed E-state index contributed by atoms with van der Waals surface area (Å²) in [5.41, 5.74) is 3.50. The first-order valence-electron chi connectivity index (χ1n) is 6.89. The Hall–Kier alpha value is -1.79. The average molecular weight is 281 g/mol. The van der Waals surface area contributed by atoms with E-state index in [1.54, 1.807) is 0 Å². The van der Waals surface area contributed by atoms with Crippen molar-refractivity contribution in [2.24, 2.45) is 0 Å². The second-order valence-corrected chi connectivity index (χ2v) is 5.72. The number of halogens is 1. The molecule has 0 bridgehead atoms. The minimum atomic E-state index is -0.152. The molecule has 100 valence electrons. The maximum Gasteiger partial charge on any atom is 0.0453 e. The highest BCUT2D eigenvalue weighted by Gasteiger charge is 2.33. The number of rotatable bonds is 2. The van der Waals surface area contributed by atoms with E-state index in [-0.39, 0.29) is 5.41 Å². The summed E-state index contributed by atoms with van der Waals surface area (Å²) in [5, 5.41) is 0.841. The van der Waals surface area contributed by atoms with Crippen LogP contribution in [0.15, 0.2) is 72.8 Å². The number of aryl methyl sites for hydroxylation is 1. The predicted molar refractivity (Wildman–Crippen MR) is 86.3 cm³/mol. The van der Waals surface area contributed by atoms with Crippen LogP contribution in [0.1, 0.15) is 23.1 Å². The van der Waals surface area contributed by atoms with Gasteiger partial charge < -0.3 is 0 Å². The Labute approximate surface area is 125 Å². The molecule has 0 amide bonds. The van der Waals surface area contributed by atoms with E-state index in [9.17, 15) is 0 Å². The second-order valence-electron chi connectivity index (χ2n) is 5.31. The smallest absolute Gasteiger partial charge is 0.0453 e. The van der Waals surface area contributed by atoms with Crippen LogP contribution in [0, 0.1) is 6.92 Å². The third kappa shape index (κ3) is 2.21. The van der Waals surface area contributed by atoms with Gasteiger partial charge in [-0.3, -0.25) is 0 Å². The van der Waals surface area contributed by atoms with E-state index in [2.05, 4.69) is 73.7 Å². The minimum absolute atomic E-state index is 0.152. The molecule has 0 aromatic heterocycles. The molecular weight excluding hydrogens is 264 g/mol. The summed E-state index contributed by atoms with van der Waals surface area (Å²) >= 11 is 6.54. The fourth-order valence-electron chi connectivity index (χ4n) is 2.91. The van der Waals surface area contributed by atoms with Gasteiger partial charge in [0, 0.05) is 10.4 Å². The van der Waals surface area contributed by atoms with E-state index in [0.717, 1.165) is 11.4 Å². The molecule has 0 heterocycles. The van der Waals surface area contributed by atoms with E-state index in [4.69, 9.17) is 11.6 Å². The van der Waals surface area contributed by atoms with Crippen molar-refractivity contribution in [2.75, 3.05) is 0 Å². The molecule has 1 heteroatoms. The Morgan fingerprint density at radius 3 is 2.45 bits per heavy atom. The topological polar surface area (TPSA) is 0 Å². The van der Waals surface area contributed by atoms with Gasteiger partial charge >= 0.3 is 0 Å². The molecule has 1 aliphatic rings. The summed E-state index contributed by atoms with van der Waals surface area (Å²) in [5.74, 6) is 0. The van der Waals surface area contributed by atoms with Crippen LogP contribution >= 0.6 is 11.6 Å². The van der Waals surface area contributed by atoms with Crippen LogP contribution in [0.4, 0.5) is 0 Å². The van der Waals surface area contributed by atoms with Gasteiger partial charge in [-0.1, -0.05) is 78.4 Å². The van der Waals surface area contributed by atoms with E-state index in [1.807, 2.05) is 6.07 Å². The van der Waals surface area contributed by atoms with Gasteiger partial charge in [0.15, 0.2) is 0 Å². The van der Waals surface area contributed by atoms with Crippen LogP contribution in [-0.4, -0.2) is 0 Å². The SMILES string of the molecule is Cc1ccc(C2(c3ccccc3)C=CC=CC2)c(Cl)c1. The van der Waals surface area contributed by atoms with Crippen molar-refractivity contribution >= 4 is 11.6 Å². The number of hydrogen-bond donors (Lipinski definition) is 0. The van der Waals surface area contributed by atoms with Gasteiger partial charge in [0.2, 0.25) is 0 Å². The van der Waals surface area contributed by atoms with Gasteiger partial charge in [-0.05, 0) is 36.1 Å². The fourth-order valence-corrected chi connectivity index (χ4v) is 3.31. The minimum Gasteiger partial charge on any atom is -0.0840 e. The first-order chi connectivity index (χ1) is 9.72. The summed E-state index contributed by atoms with van der Waals surface area (Å²) in [7, 11) is 0. The Balaban J connectivity index is 2.21.